The number of benzene rings is 1. The molecule has 2 nitrogen and oxygen atoms in total. The summed E-state index contributed by atoms with van der Waals surface area (Å²) < 4.78 is 4.63. The van der Waals surface area contributed by atoms with Crippen LogP contribution in [0.5, 0.6) is 0 Å². The van der Waals surface area contributed by atoms with Crippen LogP contribution in [0.25, 0.3) is 21.8 Å². The van der Waals surface area contributed by atoms with Gasteiger partial charge in [-0.15, -0.1) is 0 Å². The molecule has 0 aliphatic rings. The molecule has 0 amide bonds. The van der Waals surface area contributed by atoms with Crippen LogP contribution in [-0.2, 0) is 19.5 Å². The first-order chi connectivity index (χ1) is 10.2. The van der Waals surface area contributed by atoms with E-state index in [9.17, 15) is 0 Å². The van der Waals surface area contributed by atoms with E-state index in [1.807, 2.05) is 0 Å². The van der Waals surface area contributed by atoms with E-state index in [0.29, 0.717) is 0 Å². The van der Waals surface area contributed by atoms with Crippen molar-refractivity contribution >= 4 is 21.8 Å². The second kappa shape index (κ2) is 4.77. The lowest BCUT2D eigenvalue weighted by molar-refractivity contribution is -0.670. The highest BCUT2D eigenvalue weighted by atomic mass is 15.0. The Morgan fingerprint density at radius 2 is 1.32 bits per heavy atom. The molecule has 2 aromatic heterocycles. The van der Waals surface area contributed by atoms with Crippen molar-refractivity contribution < 1.29 is 9.13 Å². The third-order valence-corrected chi connectivity index (χ3v) is 4.88. The highest BCUT2D eigenvalue weighted by Crippen LogP contribution is 2.33. The quantitative estimate of drug-likeness (QED) is 0.442. The van der Waals surface area contributed by atoms with Crippen LogP contribution in [-0.4, -0.2) is 0 Å². The molecule has 0 spiro atoms. The topological polar surface area (TPSA) is 7.76 Å². The van der Waals surface area contributed by atoms with E-state index in [0.717, 1.165) is 0 Å². The average Bonchev–Trinajstić information content (AvgIpc) is 2.44. The van der Waals surface area contributed by atoms with Gasteiger partial charge in [-0.05, 0) is 29.2 Å². The molecule has 0 aliphatic carbocycles. The predicted molar refractivity (Wildman–Crippen MR) is 92.0 cm³/mol. The lowest BCUT2D eigenvalue weighted by Gasteiger charge is -2.21. The van der Waals surface area contributed by atoms with Gasteiger partial charge in [-0.3, -0.25) is 0 Å². The van der Waals surface area contributed by atoms with E-state index in [-0.39, 0.29) is 5.41 Å². The molecule has 0 unspecified atom stereocenters. The van der Waals surface area contributed by atoms with Crippen LogP contribution in [0, 0.1) is 13.8 Å². The third kappa shape index (κ3) is 2.09. The Labute approximate surface area is 133 Å². The summed E-state index contributed by atoms with van der Waals surface area (Å²) in [5, 5.41) is 2.67. The number of pyridine rings is 2. The molecule has 0 N–H and O–H groups in total. The highest BCUT2D eigenvalue weighted by molar-refractivity contribution is 6.01. The maximum absolute atomic E-state index is 2.37. The van der Waals surface area contributed by atoms with Crippen molar-refractivity contribution in [3.63, 3.8) is 0 Å². The van der Waals surface area contributed by atoms with Gasteiger partial charge in [-0.1, -0.05) is 20.8 Å². The van der Waals surface area contributed by atoms with Crippen molar-refractivity contribution in [2.75, 3.05) is 0 Å². The molecule has 3 rings (SSSR count). The van der Waals surface area contributed by atoms with Crippen LogP contribution < -0.4 is 9.13 Å². The molecule has 0 saturated heterocycles. The number of rotatable bonds is 0. The molecule has 114 valence electrons. The molecule has 22 heavy (non-hydrogen) atoms. The third-order valence-electron chi connectivity index (χ3n) is 4.88. The predicted octanol–water partition coefficient (Wildman–Crippen LogP) is 3.56. The van der Waals surface area contributed by atoms with Gasteiger partial charge in [0, 0.05) is 26.0 Å². The summed E-state index contributed by atoms with van der Waals surface area (Å²) in [6, 6.07) is 11.3. The minimum atomic E-state index is 0.123. The van der Waals surface area contributed by atoms with Gasteiger partial charge in [-0.2, -0.15) is 9.13 Å². The Hall–Kier alpha value is -1.96. The summed E-state index contributed by atoms with van der Waals surface area (Å²) in [6.45, 7) is 11.2. The van der Waals surface area contributed by atoms with Crippen molar-refractivity contribution in [1.29, 1.82) is 0 Å². The van der Waals surface area contributed by atoms with E-state index < -0.39 is 0 Å². The average molecular weight is 294 g/mol. The van der Waals surface area contributed by atoms with Gasteiger partial charge in [-0.25, -0.2) is 0 Å². The SMILES string of the molecule is Cc1ccc2cc(C(C)(C)C)c3ccc(C)[n+](C)c3c2[n+]1C. The van der Waals surface area contributed by atoms with Crippen molar-refractivity contribution in [3.8, 4) is 0 Å². The molecule has 0 atom stereocenters. The van der Waals surface area contributed by atoms with Crippen molar-refractivity contribution in [3.05, 3.63) is 47.3 Å². The van der Waals surface area contributed by atoms with Gasteiger partial charge in [0.2, 0.25) is 0 Å². The van der Waals surface area contributed by atoms with Gasteiger partial charge in [0.15, 0.2) is 11.4 Å². The smallest absolute Gasteiger partial charge is 0.193 e. The van der Waals surface area contributed by atoms with Crippen molar-refractivity contribution in [1.82, 2.24) is 0 Å². The van der Waals surface area contributed by atoms with Gasteiger partial charge in [0.05, 0.1) is 10.8 Å². The Morgan fingerprint density at radius 3 is 1.91 bits per heavy atom. The van der Waals surface area contributed by atoms with E-state index in [1.54, 1.807) is 0 Å². The van der Waals surface area contributed by atoms with E-state index >= 15 is 0 Å². The summed E-state index contributed by atoms with van der Waals surface area (Å²) in [5.41, 5.74) is 6.73. The van der Waals surface area contributed by atoms with Gasteiger partial charge in [0.25, 0.3) is 11.0 Å². The van der Waals surface area contributed by atoms with Gasteiger partial charge >= 0.3 is 0 Å². The Balaban J connectivity index is 2.68. The molecular formula is C20H26N2+2. The van der Waals surface area contributed by atoms with Crippen LogP contribution in [0.4, 0.5) is 0 Å². The van der Waals surface area contributed by atoms with Crippen LogP contribution in [0.2, 0.25) is 0 Å². The Kier molecular flexibility index (Phi) is 3.24. The van der Waals surface area contributed by atoms with Crippen LogP contribution in [0.1, 0.15) is 37.7 Å². The highest BCUT2D eigenvalue weighted by Gasteiger charge is 2.27. The van der Waals surface area contributed by atoms with E-state index in [4.69, 9.17) is 0 Å². The van der Waals surface area contributed by atoms with Crippen LogP contribution in [0.3, 0.4) is 0 Å². The van der Waals surface area contributed by atoms with Crippen molar-refractivity contribution in [2.45, 2.75) is 40.0 Å². The first-order valence-electron chi connectivity index (χ1n) is 7.94. The molecular weight excluding hydrogens is 268 g/mol. The van der Waals surface area contributed by atoms with E-state index in [1.165, 1.54) is 38.8 Å². The number of aryl methyl sites for hydroxylation is 4. The maximum Gasteiger partial charge on any atom is 0.285 e. The second-order valence-electron chi connectivity index (χ2n) is 7.44. The zero-order valence-corrected chi connectivity index (χ0v) is 14.8. The second-order valence-corrected chi connectivity index (χ2v) is 7.44. The molecule has 3 aromatic rings. The Bertz CT molecular complexity index is 899. The molecule has 0 fully saturated rings. The summed E-state index contributed by atoms with van der Waals surface area (Å²) in [7, 11) is 4.34. The monoisotopic (exact) mass is 294 g/mol. The van der Waals surface area contributed by atoms with Gasteiger partial charge < -0.3 is 0 Å². The number of nitrogens with zero attached hydrogens (tertiary/aromatic N) is 2. The molecule has 0 saturated carbocycles. The Morgan fingerprint density at radius 1 is 0.773 bits per heavy atom. The zero-order valence-electron chi connectivity index (χ0n) is 14.8. The zero-order chi connectivity index (χ0) is 16.2. The maximum atomic E-state index is 2.37. The normalized spacial score (nSPS) is 12.3. The summed E-state index contributed by atoms with van der Waals surface area (Å²) in [4.78, 5) is 0. The van der Waals surface area contributed by atoms with Gasteiger partial charge in [0.1, 0.15) is 14.1 Å². The largest absolute Gasteiger partial charge is 0.285 e. The fraction of sp³-hybridized carbons (Fsp3) is 0.400. The molecule has 0 aliphatic heterocycles. The standard InChI is InChI=1S/C20H26N2/c1-13-8-10-15-12-17(20(3,4)5)16-11-9-14(2)22(7)19(16)18(15)21(13)6/h8-12H,1-7H3/q+2. The first kappa shape index (κ1) is 15.0. The van der Waals surface area contributed by atoms with Crippen LogP contribution in [0.15, 0.2) is 30.3 Å². The molecule has 2 heteroatoms. The van der Waals surface area contributed by atoms with E-state index in [2.05, 4.69) is 88.2 Å². The summed E-state index contributed by atoms with van der Waals surface area (Å²) in [5.74, 6) is 0. The number of fused-ring (bicyclic) bond motifs is 3. The molecule has 0 radical (unpaired) electrons. The fourth-order valence-corrected chi connectivity index (χ4v) is 3.29. The number of hydrogen-bond donors (Lipinski definition) is 0. The number of aromatic nitrogens is 2. The summed E-state index contributed by atoms with van der Waals surface area (Å²) in [6.07, 6.45) is 0. The van der Waals surface area contributed by atoms with Crippen molar-refractivity contribution in [2.24, 2.45) is 14.1 Å². The number of hydrogen-bond acceptors (Lipinski definition) is 0. The fourth-order valence-electron chi connectivity index (χ4n) is 3.29. The molecule has 2 heterocycles. The first-order valence-corrected chi connectivity index (χ1v) is 7.94. The minimum Gasteiger partial charge on any atom is -0.193 e. The lowest BCUT2D eigenvalue weighted by atomic mass is 9.83. The van der Waals surface area contributed by atoms with Crippen LogP contribution >= 0.6 is 0 Å². The molecule has 1 aromatic carbocycles. The molecule has 0 bridgehead atoms. The lowest BCUT2D eigenvalue weighted by Crippen LogP contribution is -2.39. The minimum absolute atomic E-state index is 0.123. The summed E-state index contributed by atoms with van der Waals surface area (Å²) >= 11 is 0.